The molecular weight excluding hydrogens is 252 g/mol. The Bertz CT molecular complexity index is 543. The number of piperidine rings is 1. The summed E-state index contributed by atoms with van der Waals surface area (Å²) in [6, 6.07) is 2.18. The van der Waals surface area contributed by atoms with Crippen LogP contribution in [-0.2, 0) is 12.8 Å². The van der Waals surface area contributed by atoms with E-state index in [1.165, 1.54) is 5.56 Å². The second-order valence-corrected chi connectivity index (χ2v) is 6.06. The normalized spacial score (nSPS) is 25.6. The number of amides is 1. The second kappa shape index (κ2) is 5.05. The molecule has 1 amide bonds. The molecule has 1 fully saturated rings. The van der Waals surface area contributed by atoms with E-state index in [2.05, 4.69) is 11.8 Å². The van der Waals surface area contributed by atoms with Crippen LogP contribution in [0.25, 0.3) is 0 Å². The summed E-state index contributed by atoms with van der Waals surface area (Å²) in [5, 5.41) is 0. The highest BCUT2D eigenvalue weighted by atomic mass is 16.1. The molecule has 1 aromatic heterocycles. The molecule has 108 valence electrons. The number of aromatic nitrogens is 1. The summed E-state index contributed by atoms with van der Waals surface area (Å²) in [6.07, 6.45) is 4.05. The van der Waals surface area contributed by atoms with Crippen molar-refractivity contribution in [3.63, 3.8) is 0 Å². The fraction of sp³-hybridized carbons (Fsp3) is 0.600. The van der Waals surface area contributed by atoms with Crippen LogP contribution in [0.5, 0.6) is 0 Å². The van der Waals surface area contributed by atoms with Crippen molar-refractivity contribution in [3.05, 3.63) is 22.9 Å². The molecule has 3 rings (SSSR count). The van der Waals surface area contributed by atoms with Crippen molar-refractivity contribution in [1.82, 2.24) is 4.98 Å². The molecule has 0 saturated carbocycles. The number of rotatable bonds is 2. The van der Waals surface area contributed by atoms with E-state index in [4.69, 9.17) is 16.5 Å². The lowest BCUT2D eigenvalue weighted by molar-refractivity contribution is 0.1000. The highest BCUT2D eigenvalue weighted by Crippen LogP contribution is 2.29. The van der Waals surface area contributed by atoms with Gasteiger partial charge in [0.05, 0.1) is 5.56 Å². The third kappa shape index (κ3) is 2.26. The number of pyridine rings is 1. The van der Waals surface area contributed by atoms with Gasteiger partial charge in [-0.15, -0.1) is 0 Å². The van der Waals surface area contributed by atoms with Gasteiger partial charge in [-0.1, -0.05) is 6.92 Å². The number of carbonyl (C=O) groups is 1. The molecule has 1 aliphatic heterocycles. The molecule has 0 aromatic carbocycles. The van der Waals surface area contributed by atoms with Crippen LogP contribution in [-0.4, -0.2) is 30.0 Å². The van der Waals surface area contributed by atoms with Crippen LogP contribution in [0.4, 0.5) is 5.82 Å². The van der Waals surface area contributed by atoms with Crippen molar-refractivity contribution in [2.24, 2.45) is 17.4 Å². The fourth-order valence-electron chi connectivity index (χ4n) is 3.24. The minimum absolute atomic E-state index is 0.234. The van der Waals surface area contributed by atoms with Crippen molar-refractivity contribution in [2.75, 3.05) is 18.0 Å². The number of hydrogen-bond donors (Lipinski definition) is 2. The topological polar surface area (TPSA) is 85.2 Å². The van der Waals surface area contributed by atoms with Gasteiger partial charge in [-0.3, -0.25) is 4.79 Å². The maximum Gasteiger partial charge on any atom is 0.252 e. The van der Waals surface area contributed by atoms with Crippen LogP contribution in [0.15, 0.2) is 6.07 Å². The first kappa shape index (κ1) is 13.4. The molecule has 1 aliphatic carbocycles. The number of fused-ring (bicyclic) bond motifs is 1. The van der Waals surface area contributed by atoms with E-state index < -0.39 is 0 Å². The first-order chi connectivity index (χ1) is 9.56. The third-order valence-corrected chi connectivity index (χ3v) is 4.57. The summed E-state index contributed by atoms with van der Waals surface area (Å²) in [6.45, 7) is 3.83. The third-order valence-electron chi connectivity index (χ3n) is 4.57. The molecule has 4 N–H and O–H groups in total. The van der Waals surface area contributed by atoms with Crippen molar-refractivity contribution < 1.29 is 4.79 Å². The Kier molecular flexibility index (Phi) is 3.38. The Morgan fingerprint density at radius 3 is 2.95 bits per heavy atom. The summed E-state index contributed by atoms with van der Waals surface area (Å²) in [7, 11) is 0. The number of nitrogens with two attached hydrogens (primary N) is 2. The molecule has 0 bridgehead atoms. The lowest BCUT2D eigenvalue weighted by Crippen LogP contribution is -2.46. The van der Waals surface area contributed by atoms with E-state index in [1.54, 1.807) is 0 Å². The molecule has 2 unspecified atom stereocenters. The summed E-state index contributed by atoms with van der Waals surface area (Å²) in [4.78, 5) is 18.7. The minimum atomic E-state index is -0.385. The molecule has 20 heavy (non-hydrogen) atoms. The van der Waals surface area contributed by atoms with E-state index in [-0.39, 0.29) is 11.9 Å². The number of anilines is 1. The van der Waals surface area contributed by atoms with Crippen LogP contribution in [0.1, 0.15) is 41.4 Å². The number of aryl methyl sites for hydroxylation is 2. The molecule has 2 atom stereocenters. The zero-order valence-corrected chi connectivity index (χ0v) is 11.9. The van der Waals surface area contributed by atoms with Gasteiger partial charge in [0.1, 0.15) is 5.82 Å². The van der Waals surface area contributed by atoms with Gasteiger partial charge in [-0.2, -0.15) is 0 Å². The van der Waals surface area contributed by atoms with Crippen LogP contribution in [0.2, 0.25) is 0 Å². The number of carbonyl (C=O) groups excluding carboxylic acids is 1. The van der Waals surface area contributed by atoms with Gasteiger partial charge in [0.25, 0.3) is 5.91 Å². The molecule has 5 heteroatoms. The Morgan fingerprint density at radius 2 is 2.25 bits per heavy atom. The molecule has 0 spiro atoms. The predicted molar refractivity (Wildman–Crippen MR) is 78.7 cm³/mol. The summed E-state index contributed by atoms with van der Waals surface area (Å²) in [5.74, 6) is 0.779. The molecule has 0 radical (unpaired) electrons. The van der Waals surface area contributed by atoms with E-state index in [1.807, 2.05) is 6.07 Å². The van der Waals surface area contributed by atoms with Crippen LogP contribution in [0.3, 0.4) is 0 Å². The summed E-state index contributed by atoms with van der Waals surface area (Å²) < 4.78 is 0. The van der Waals surface area contributed by atoms with Crippen LogP contribution < -0.4 is 16.4 Å². The molecular formula is C15H22N4O. The minimum Gasteiger partial charge on any atom is -0.365 e. The van der Waals surface area contributed by atoms with Gasteiger partial charge in [0, 0.05) is 24.8 Å². The highest BCUT2D eigenvalue weighted by molar-refractivity contribution is 5.98. The Hall–Kier alpha value is -1.62. The fourth-order valence-corrected chi connectivity index (χ4v) is 3.24. The van der Waals surface area contributed by atoms with Crippen molar-refractivity contribution >= 4 is 11.7 Å². The number of primary amides is 1. The maximum absolute atomic E-state index is 11.7. The van der Waals surface area contributed by atoms with Gasteiger partial charge in [0.15, 0.2) is 0 Å². The van der Waals surface area contributed by atoms with E-state index in [0.717, 1.165) is 50.3 Å². The smallest absolute Gasteiger partial charge is 0.252 e. The van der Waals surface area contributed by atoms with Crippen molar-refractivity contribution in [1.29, 1.82) is 0 Å². The van der Waals surface area contributed by atoms with Gasteiger partial charge in [-0.25, -0.2) is 4.98 Å². The lowest BCUT2D eigenvalue weighted by Gasteiger charge is -2.36. The number of hydrogen-bond acceptors (Lipinski definition) is 4. The number of nitrogens with zero attached hydrogens (tertiary/aromatic N) is 2. The van der Waals surface area contributed by atoms with Crippen molar-refractivity contribution in [3.8, 4) is 0 Å². The van der Waals surface area contributed by atoms with Crippen molar-refractivity contribution in [2.45, 2.75) is 38.6 Å². The van der Waals surface area contributed by atoms with Crippen LogP contribution in [0, 0.1) is 5.92 Å². The average Bonchev–Trinajstić information content (AvgIpc) is 2.87. The van der Waals surface area contributed by atoms with E-state index in [0.29, 0.717) is 11.5 Å². The Morgan fingerprint density at radius 1 is 1.45 bits per heavy atom. The predicted octanol–water partition coefficient (Wildman–Crippen LogP) is 0.843. The Balaban J connectivity index is 1.97. The van der Waals surface area contributed by atoms with Gasteiger partial charge in [-0.05, 0) is 43.2 Å². The maximum atomic E-state index is 11.7. The first-order valence-corrected chi connectivity index (χ1v) is 7.39. The zero-order chi connectivity index (χ0) is 14.3. The van der Waals surface area contributed by atoms with E-state index in [9.17, 15) is 4.79 Å². The monoisotopic (exact) mass is 274 g/mol. The summed E-state index contributed by atoms with van der Waals surface area (Å²) >= 11 is 0. The standard InChI is InChI=1S/C15H22N4O/c1-9-8-19(6-5-12(9)16)15-11(14(17)20)7-10-3-2-4-13(10)18-15/h7,9,12H,2-6,8,16H2,1H3,(H2,17,20). The zero-order valence-electron chi connectivity index (χ0n) is 11.9. The Labute approximate surface area is 119 Å². The summed E-state index contributed by atoms with van der Waals surface area (Å²) in [5.41, 5.74) is 14.5. The van der Waals surface area contributed by atoms with Gasteiger partial charge in [0.2, 0.25) is 0 Å². The molecule has 2 heterocycles. The highest BCUT2D eigenvalue weighted by Gasteiger charge is 2.28. The lowest BCUT2D eigenvalue weighted by atomic mass is 9.94. The molecule has 1 aromatic rings. The quantitative estimate of drug-likeness (QED) is 0.837. The first-order valence-electron chi connectivity index (χ1n) is 7.39. The molecule has 1 saturated heterocycles. The molecule has 5 nitrogen and oxygen atoms in total. The van der Waals surface area contributed by atoms with Gasteiger partial charge < -0.3 is 16.4 Å². The average molecular weight is 274 g/mol. The van der Waals surface area contributed by atoms with Gasteiger partial charge >= 0.3 is 0 Å². The van der Waals surface area contributed by atoms with Crippen LogP contribution >= 0.6 is 0 Å². The largest absolute Gasteiger partial charge is 0.365 e. The second-order valence-electron chi connectivity index (χ2n) is 6.06. The molecule has 2 aliphatic rings. The van der Waals surface area contributed by atoms with E-state index >= 15 is 0 Å². The SMILES string of the molecule is CC1CN(c2nc3c(cc2C(N)=O)CCC3)CCC1N.